The zero-order chi connectivity index (χ0) is 14.3. The zero-order valence-corrected chi connectivity index (χ0v) is 12.9. The molecule has 1 aromatic rings. The topological polar surface area (TPSA) is 55.1 Å². The Labute approximate surface area is 126 Å². The number of nitrogens with one attached hydrogen (secondary N) is 1. The molecule has 0 spiro atoms. The number of carbonyl (C=O) groups excluding carboxylic acids is 1. The Morgan fingerprint density at radius 2 is 1.90 bits per heavy atom. The van der Waals surface area contributed by atoms with Crippen LogP contribution in [0.5, 0.6) is 0 Å². The molecule has 0 aliphatic rings. The number of amides is 1. The lowest BCUT2D eigenvalue weighted by atomic mass is 9.96. The Morgan fingerprint density at radius 1 is 1.30 bits per heavy atom. The molecule has 0 heterocycles. The maximum absolute atomic E-state index is 12.9. The molecule has 20 heavy (non-hydrogen) atoms. The minimum Gasteiger partial charge on any atom is -0.353 e. The summed E-state index contributed by atoms with van der Waals surface area (Å²) in [5, 5.41) is 3.03. The maximum atomic E-state index is 12.9. The van der Waals surface area contributed by atoms with Gasteiger partial charge in [0.1, 0.15) is 5.82 Å². The Bertz CT molecular complexity index is 395. The van der Waals surface area contributed by atoms with E-state index in [0.717, 1.165) is 5.56 Å². The quantitative estimate of drug-likeness (QED) is 0.813. The molecule has 3 nitrogen and oxygen atoms in total. The van der Waals surface area contributed by atoms with Crippen molar-refractivity contribution >= 4 is 18.3 Å². The fraction of sp³-hybridized carbons (Fsp3) is 0.533. The van der Waals surface area contributed by atoms with Crippen LogP contribution in [0.1, 0.15) is 32.3 Å². The predicted octanol–water partition coefficient (Wildman–Crippen LogP) is 2.67. The molecule has 1 unspecified atom stereocenters. The summed E-state index contributed by atoms with van der Waals surface area (Å²) in [6.45, 7) is 4.66. The number of carbonyl (C=O) groups is 1. The van der Waals surface area contributed by atoms with Gasteiger partial charge in [0.15, 0.2) is 0 Å². The molecule has 0 fully saturated rings. The summed E-state index contributed by atoms with van der Waals surface area (Å²) < 4.78 is 12.9. The second-order valence-electron chi connectivity index (χ2n) is 5.14. The van der Waals surface area contributed by atoms with Crippen LogP contribution in [0.25, 0.3) is 0 Å². The highest BCUT2D eigenvalue weighted by Crippen LogP contribution is 2.11. The Balaban J connectivity index is 0.00000361. The van der Waals surface area contributed by atoms with E-state index in [4.69, 9.17) is 5.73 Å². The van der Waals surface area contributed by atoms with E-state index < -0.39 is 0 Å². The van der Waals surface area contributed by atoms with Crippen molar-refractivity contribution < 1.29 is 9.18 Å². The van der Waals surface area contributed by atoms with Crippen molar-refractivity contribution in [3.8, 4) is 0 Å². The number of rotatable bonds is 7. The van der Waals surface area contributed by atoms with Crippen LogP contribution in [-0.4, -0.2) is 18.5 Å². The highest BCUT2D eigenvalue weighted by atomic mass is 35.5. The lowest BCUT2D eigenvalue weighted by molar-refractivity contribution is -0.122. The molecule has 0 saturated carbocycles. The highest BCUT2D eigenvalue weighted by Gasteiger charge is 2.16. The fourth-order valence-electron chi connectivity index (χ4n) is 1.87. The van der Waals surface area contributed by atoms with Gasteiger partial charge in [0, 0.05) is 12.5 Å². The molecule has 0 bridgehead atoms. The van der Waals surface area contributed by atoms with Gasteiger partial charge in [-0.25, -0.2) is 4.39 Å². The second kappa shape index (κ2) is 9.72. The molecule has 1 aromatic carbocycles. The Hall–Kier alpha value is -1.13. The van der Waals surface area contributed by atoms with Gasteiger partial charge in [-0.3, -0.25) is 4.79 Å². The van der Waals surface area contributed by atoms with Gasteiger partial charge in [-0.1, -0.05) is 26.0 Å². The minimum atomic E-state index is -0.239. The molecule has 0 aromatic heterocycles. The molecular weight excluding hydrogens is 279 g/mol. The van der Waals surface area contributed by atoms with Gasteiger partial charge in [0.2, 0.25) is 5.91 Å². The average molecular weight is 303 g/mol. The van der Waals surface area contributed by atoms with E-state index in [9.17, 15) is 9.18 Å². The standard InChI is InChI=1S/C15H23FN2O.ClH/c1-11(2)14(18-15(19)4-3-9-17)10-12-5-7-13(16)8-6-12;/h5-8,11,14H,3-4,9-10,17H2,1-2H3,(H,18,19);1H. The van der Waals surface area contributed by atoms with Gasteiger partial charge in [0.05, 0.1) is 0 Å². The lowest BCUT2D eigenvalue weighted by Crippen LogP contribution is -2.40. The van der Waals surface area contributed by atoms with Gasteiger partial charge < -0.3 is 11.1 Å². The summed E-state index contributed by atoms with van der Waals surface area (Å²) in [5.41, 5.74) is 6.42. The van der Waals surface area contributed by atoms with E-state index in [-0.39, 0.29) is 30.2 Å². The zero-order valence-electron chi connectivity index (χ0n) is 12.1. The third-order valence-corrected chi connectivity index (χ3v) is 3.13. The summed E-state index contributed by atoms with van der Waals surface area (Å²) in [5.74, 6) is 0.120. The van der Waals surface area contributed by atoms with Crippen LogP contribution in [0.3, 0.4) is 0 Å². The van der Waals surface area contributed by atoms with Crippen LogP contribution in [0.4, 0.5) is 4.39 Å². The van der Waals surface area contributed by atoms with E-state index in [1.165, 1.54) is 12.1 Å². The van der Waals surface area contributed by atoms with E-state index in [1.807, 2.05) is 0 Å². The van der Waals surface area contributed by atoms with Crippen LogP contribution in [-0.2, 0) is 11.2 Å². The molecule has 1 atom stereocenters. The third-order valence-electron chi connectivity index (χ3n) is 3.13. The molecule has 0 radical (unpaired) electrons. The number of nitrogens with two attached hydrogens (primary N) is 1. The largest absolute Gasteiger partial charge is 0.353 e. The predicted molar refractivity (Wildman–Crippen MR) is 82.4 cm³/mol. The van der Waals surface area contributed by atoms with Crippen LogP contribution in [0.2, 0.25) is 0 Å². The van der Waals surface area contributed by atoms with Gasteiger partial charge in [-0.05, 0) is 43.0 Å². The molecular formula is C15H24ClFN2O. The Morgan fingerprint density at radius 3 is 2.40 bits per heavy atom. The van der Waals surface area contributed by atoms with Crippen LogP contribution in [0, 0.1) is 11.7 Å². The van der Waals surface area contributed by atoms with Crippen molar-refractivity contribution in [2.75, 3.05) is 6.54 Å². The first-order valence-corrected chi connectivity index (χ1v) is 6.76. The van der Waals surface area contributed by atoms with E-state index >= 15 is 0 Å². The first-order chi connectivity index (χ1) is 9.02. The lowest BCUT2D eigenvalue weighted by Gasteiger charge is -2.22. The SMILES string of the molecule is CC(C)C(Cc1ccc(F)cc1)NC(=O)CCCN.Cl. The number of hydrogen-bond donors (Lipinski definition) is 2. The molecule has 1 amide bonds. The van der Waals surface area contributed by atoms with Crippen molar-refractivity contribution in [2.45, 2.75) is 39.2 Å². The van der Waals surface area contributed by atoms with Crippen molar-refractivity contribution in [2.24, 2.45) is 11.7 Å². The van der Waals surface area contributed by atoms with Gasteiger partial charge in [-0.2, -0.15) is 0 Å². The number of hydrogen-bond acceptors (Lipinski definition) is 2. The molecule has 114 valence electrons. The number of halogens is 2. The molecule has 5 heteroatoms. The molecule has 0 saturated heterocycles. The summed E-state index contributed by atoms with van der Waals surface area (Å²) in [6.07, 6.45) is 1.88. The average Bonchev–Trinajstić information content (AvgIpc) is 2.38. The van der Waals surface area contributed by atoms with Crippen LogP contribution < -0.4 is 11.1 Å². The highest BCUT2D eigenvalue weighted by molar-refractivity contribution is 5.85. The minimum absolute atomic E-state index is 0. The maximum Gasteiger partial charge on any atom is 0.220 e. The smallest absolute Gasteiger partial charge is 0.220 e. The van der Waals surface area contributed by atoms with E-state index in [2.05, 4.69) is 19.2 Å². The van der Waals surface area contributed by atoms with Crippen molar-refractivity contribution in [3.63, 3.8) is 0 Å². The van der Waals surface area contributed by atoms with E-state index in [0.29, 0.717) is 31.7 Å². The normalized spacial score (nSPS) is 11.8. The third kappa shape index (κ3) is 6.87. The van der Waals surface area contributed by atoms with Crippen LogP contribution in [0.15, 0.2) is 24.3 Å². The fourth-order valence-corrected chi connectivity index (χ4v) is 1.87. The molecule has 0 aliphatic heterocycles. The van der Waals surface area contributed by atoms with Gasteiger partial charge in [0.25, 0.3) is 0 Å². The monoisotopic (exact) mass is 302 g/mol. The first kappa shape index (κ1) is 18.9. The molecule has 1 rings (SSSR count). The summed E-state index contributed by atoms with van der Waals surface area (Å²) in [4.78, 5) is 11.7. The van der Waals surface area contributed by atoms with E-state index in [1.54, 1.807) is 12.1 Å². The first-order valence-electron chi connectivity index (χ1n) is 6.76. The summed E-state index contributed by atoms with van der Waals surface area (Å²) in [7, 11) is 0. The molecule has 0 aliphatic carbocycles. The molecule has 3 N–H and O–H groups in total. The Kier molecular flexibility index (Phi) is 9.17. The van der Waals surface area contributed by atoms with Crippen molar-refractivity contribution in [3.05, 3.63) is 35.6 Å². The summed E-state index contributed by atoms with van der Waals surface area (Å²) >= 11 is 0. The van der Waals surface area contributed by atoms with Crippen molar-refractivity contribution in [1.29, 1.82) is 0 Å². The van der Waals surface area contributed by atoms with Crippen molar-refractivity contribution in [1.82, 2.24) is 5.32 Å². The number of benzene rings is 1. The van der Waals surface area contributed by atoms with Gasteiger partial charge >= 0.3 is 0 Å². The van der Waals surface area contributed by atoms with Gasteiger partial charge in [-0.15, -0.1) is 12.4 Å². The summed E-state index contributed by atoms with van der Waals surface area (Å²) in [6, 6.07) is 6.48. The van der Waals surface area contributed by atoms with Crippen LogP contribution >= 0.6 is 12.4 Å². The second-order valence-corrected chi connectivity index (χ2v) is 5.14.